The Morgan fingerprint density at radius 1 is 1.15 bits per heavy atom. The van der Waals surface area contributed by atoms with Gasteiger partial charge in [-0.3, -0.25) is 14.7 Å². The largest absolute Gasteiger partial charge is 0.442 e. The zero-order valence-corrected chi connectivity index (χ0v) is 22.0. The second-order valence-corrected chi connectivity index (χ2v) is 9.44. The first-order chi connectivity index (χ1) is 18.6. The number of benzene rings is 1. The minimum atomic E-state index is -0.838. The fraction of sp³-hybridized carbons (Fsp3) is 0.440. The molecule has 0 spiro atoms. The number of cyclic esters (lactones) is 1. The van der Waals surface area contributed by atoms with E-state index in [0.29, 0.717) is 0 Å². The summed E-state index contributed by atoms with van der Waals surface area (Å²) in [6.07, 6.45) is 0.310. The Balaban J connectivity index is 1.35. The van der Waals surface area contributed by atoms with E-state index in [0.717, 1.165) is 28.4 Å². The lowest BCUT2D eigenvalue weighted by Gasteiger charge is -2.25. The second-order valence-electron chi connectivity index (χ2n) is 9.44. The van der Waals surface area contributed by atoms with Crippen molar-refractivity contribution in [1.82, 2.24) is 26.1 Å². The maximum Gasteiger partial charge on any atom is 0.414 e. The van der Waals surface area contributed by atoms with Crippen LogP contribution in [-0.4, -0.2) is 87.5 Å². The Morgan fingerprint density at radius 3 is 2.54 bits per heavy atom. The zero-order chi connectivity index (χ0) is 28.1. The highest BCUT2D eigenvalue weighted by Crippen LogP contribution is 2.31. The highest BCUT2D eigenvalue weighted by atomic mass is 19.1. The fourth-order valence-corrected chi connectivity index (χ4v) is 4.29. The van der Waals surface area contributed by atoms with Gasteiger partial charge in [-0.2, -0.15) is 0 Å². The molecule has 4 rings (SSSR count). The van der Waals surface area contributed by atoms with Gasteiger partial charge in [-0.25, -0.2) is 28.8 Å². The van der Waals surface area contributed by atoms with E-state index >= 15 is 8.78 Å². The SMILES string of the molecule is CC(=O)NC[C@H]1CN(c2cc(F)c(N3CCNN(C(=O)NCc4ccc(N(C)C)nc4)CC3)c(F)c2)C(=O)O1. The quantitative estimate of drug-likeness (QED) is 0.477. The van der Waals surface area contributed by atoms with E-state index in [1.165, 1.54) is 16.8 Å². The highest BCUT2D eigenvalue weighted by Gasteiger charge is 2.34. The summed E-state index contributed by atoms with van der Waals surface area (Å²) in [6.45, 7) is 2.64. The minimum absolute atomic E-state index is 0.0196. The first kappa shape index (κ1) is 27.8. The maximum absolute atomic E-state index is 15.2. The molecule has 1 aromatic heterocycles. The number of ether oxygens (including phenoxy) is 1. The molecule has 1 atom stereocenters. The summed E-state index contributed by atoms with van der Waals surface area (Å²) in [7, 11) is 3.78. The lowest BCUT2D eigenvalue weighted by atomic mass is 10.2. The van der Waals surface area contributed by atoms with Crippen molar-refractivity contribution in [1.29, 1.82) is 0 Å². The number of hydrogen-bond donors (Lipinski definition) is 3. The number of hydrazine groups is 1. The fourth-order valence-electron chi connectivity index (χ4n) is 4.29. The number of anilines is 3. The van der Waals surface area contributed by atoms with Crippen molar-refractivity contribution in [3.63, 3.8) is 0 Å². The van der Waals surface area contributed by atoms with E-state index in [-0.39, 0.29) is 69.1 Å². The van der Waals surface area contributed by atoms with Crippen LogP contribution in [0.1, 0.15) is 12.5 Å². The molecule has 0 bridgehead atoms. The summed E-state index contributed by atoms with van der Waals surface area (Å²) < 4.78 is 35.5. The van der Waals surface area contributed by atoms with Gasteiger partial charge in [0.05, 0.1) is 25.3 Å². The summed E-state index contributed by atoms with van der Waals surface area (Å²) in [5.41, 5.74) is 3.59. The summed E-state index contributed by atoms with van der Waals surface area (Å²) in [6, 6.07) is 5.53. The molecule has 3 heterocycles. The lowest BCUT2D eigenvalue weighted by Crippen LogP contribution is -2.48. The smallest absolute Gasteiger partial charge is 0.414 e. The van der Waals surface area contributed by atoms with E-state index in [4.69, 9.17) is 4.74 Å². The molecule has 0 unspecified atom stereocenters. The van der Waals surface area contributed by atoms with Crippen molar-refractivity contribution in [3.8, 4) is 0 Å². The third kappa shape index (κ3) is 6.82. The van der Waals surface area contributed by atoms with Crippen LogP contribution in [0, 0.1) is 11.6 Å². The number of halogens is 2. The number of carbonyl (C=O) groups excluding carboxylic acids is 3. The van der Waals surface area contributed by atoms with Crippen LogP contribution in [0.3, 0.4) is 0 Å². The third-order valence-corrected chi connectivity index (χ3v) is 6.32. The average molecular weight is 547 g/mol. The van der Waals surface area contributed by atoms with Crippen molar-refractivity contribution in [2.45, 2.75) is 19.6 Å². The van der Waals surface area contributed by atoms with Crippen molar-refractivity contribution >= 4 is 35.2 Å². The van der Waals surface area contributed by atoms with Gasteiger partial charge >= 0.3 is 12.1 Å². The molecular formula is C25H32F2N8O4. The van der Waals surface area contributed by atoms with Crippen molar-refractivity contribution < 1.29 is 27.9 Å². The predicted molar refractivity (Wildman–Crippen MR) is 140 cm³/mol. The molecule has 0 saturated carbocycles. The molecule has 0 radical (unpaired) electrons. The summed E-state index contributed by atoms with van der Waals surface area (Å²) in [5, 5.41) is 6.75. The van der Waals surface area contributed by atoms with Crippen LogP contribution in [0.2, 0.25) is 0 Å². The Kier molecular flexibility index (Phi) is 8.64. The van der Waals surface area contributed by atoms with Crippen LogP contribution in [0.15, 0.2) is 30.5 Å². The van der Waals surface area contributed by atoms with Gasteiger partial charge in [-0.1, -0.05) is 6.07 Å². The molecule has 1 aromatic carbocycles. The molecule has 2 fully saturated rings. The molecule has 4 amide bonds. The van der Waals surface area contributed by atoms with Crippen LogP contribution in [0.4, 0.5) is 35.6 Å². The summed E-state index contributed by atoms with van der Waals surface area (Å²) >= 11 is 0. The van der Waals surface area contributed by atoms with Crippen molar-refractivity contribution in [3.05, 3.63) is 47.7 Å². The molecule has 2 saturated heterocycles. The Hall–Kier alpha value is -4.20. The van der Waals surface area contributed by atoms with Crippen molar-refractivity contribution in [2.75, 3.05) is 68.1 Å². The molecule has 2 aliphatic heterocycles. The third-order valence-electron chi connectivity index (χ3n) is 6.32. The lowest BCUT2D eigenvalue weighted by molar-refractivity contribution is -0.119. The molecule has 14 heteroatoms. The van der Waals surface area contributed by atoms with Crippen LogP contribution in [-0.2, 0) is 16.1 Å². The molecule has 0 aliphatic carbocycles. The molecule has 3 N–H and O–H groups in total. The van der Waals surface area contributed by atoms with Gasteiger partial charge in [-0.15, -0.1) is 0 Å². The number of urea groups is 1. The standard InChI is InChI=1S/C25H32F2N8O4/c1-16(36)28-14-19-15-34(25(38)39-19)18-10-20(26)23(21(27)11-18)33-7-6-31-35(9-8-33)24(37)30-13-17-4-5-22(29-12-17)32(2)3/h4-5,10-12,19,31H,6-9,13-15H2,1-3H3,(H,28,36)(H,30,37)/t19-/m0/s1. The monoisotopic (exact) mass is 546 g/mol. The van der Waals surface area contributed by atoms with Gasteiger partial charge in [0.2, 0.25) is 5.91 Å². The summed E-state index contributed by atoms with van der Waals surface area (Å²) in [4.78, 5) is 44.9. The number of carbonyl (C=O) groups is 3. The Labute approximate surface area is 224 Å². The van der Waals surface area contributed by atoms with Gasteiger partial charge in [0.25, 0.3) is 0 Å². The van der Waals surface area contributed by atoms with Gasteiger partial charge < -0.3 is 25.2 Å². The van der Waals surface area contributed by atoms with Crippen LogP contribution in [0.25, 0.3) is 0 Å². The number of amides is 4. The van der Waals surface area contributed by atoms with Gasteiger partial charge in [-0.05, 0) is 11.6 Å². The van der Waals surface area contributed by atoms with Gasteiger partial charge in [0.15, 0.2) is 11.6 Å². The number of aromatic nitrogens is 1. The number of pyridine rings is 1. The van der Waals surface area contributed by atoms with Gasteiger partial charge in [0.1, 0.15) is 17.6 Å². The minimum Gasteiger partial charge on any atom is -0.442 e. The Bertz CT molecular complexity index is 1190. The number of nitrogens with one attached hydrogen (secondary N) is 3. The maximum atomic E-state index is 15.2. The van der Waals surface area contributed by atoms with Crippen LogP contribution >= 0.6 is 0 Å². The Morgan fingerprint density at radius 2 is 1.90 bits per heavy atom. The van der Waals surface area contributed by atoms with E-state index in [9.17, 15) is 14.4 Å². The van der Waals surface area contributed by atoms with E-state index in [1.54, 1.807) is 6.20 Å². The first-order valence-electron chi connectivity index (χ1n) is 12.5. The molecule has 12 nitrogen and oxygen atoms in total. The van der Waals surface area contributed by atoms with Crippen molar-refractivity contribution in [2.24, 2.45) is 0 Å². The van der Waals surface area contributed by atoms with Crippen LogP contribution in [0.5, 0.6) is 0 Å². The molecule has 2 aliphatic rings. The second kappa shape index (κ2) is 12.1. The average Bonchev–Trinajstić information content (AvgIpc) is 3.10. The van der Waals surface area contributed by atoms with Gasteiger partial charge in [0, 0.05) is 65.5 Å². The highest BCUT2D eigenvalue weighted by molar-refractivity contribution is 5.90. The normalized spacial score (nSPS) is 17.5. The zero-order valence-electron chi connectivity index (χ0n) is 22.0. The molecule has 210 valence electrons. The molecule has 39 heavy (non-hydrogen) atoms. The topological polar surface area (TPSA) is 122 Å². The molecular weight excluding hydrogens is 514 g/mol. The van der Waals surface area contributed by atoms with E-state index in [1.807, 2.05) is 31.1 Å². The van der Waals surface area contributed by atoms with Crippen LogP contribution < -0.4 is 30.8 Å². The number of nitrogens with zero attached hydrogens (tertiary/aromatic N) is 5. The predicted octanol–water partition coefficient (Wildman–Crippen LogP) is 1.42. The van der Waals surface area contributed by atoms with E-state index in [2.05, 4.69) is 21.0 Å². The van der Waals surface area contributed by atoms with E-state index < -0.39 is 23.8 Å². The summed E-state index contributed by atoms with van der Waals surface area (Å²) in [5.74, 6) is -1.15. The molecule has 2 aromatic rings. The number of rotatable bonds is 7. The number of hydrogen-bond acceptors (Lipinski definition) is 8. The first-order valence-corrected chi connectivity index (χ1v) is 12.5.